The maximum atomic E-state index is 12.2. The lowest BCUT2D eigenvalue weighted by atomic mass is 10.2. The van der Waals surface area contributed by atoms with Crippen molar-refractivity contribution in [2.24, 2.45) is 0 Å². The van der Waals surface area contributed by atoms with Crippen molar-refractivity contribution >= 4 is 44.9 Å². The summed E-state index contributed by atoms with van der Waals surface area (Å²) in [6.45, 7) is 3.85. The quantitative estimate of drug-likeness (QED) is 0.771. The van der Waals surface area contributed by atoms with Crippen LogP contribution in [0.1, 0.15) is 25.8 Å². The molecule has 100 valence electrons. The van der Waals surface area contributed by atoms with Crippen LogP contribution in [0.4, 0.5) is 4.79 Å². The number of benzene rings is 1. The highest BCUT2D eigenvalue weighted by Crippen LogP contribution is 2.34. The molecule has 0 saturated carbocycles. The fourth-order valence-electron chi connectivity index (χ4n) is 1.79. The molecule has 1 aliphatic rings. The molecule has 1 fully saturated rings. The van der Waals surface area contributed by atoms with Gasteiger partial charge in [0, 0.05) is 10.5 Å². The summed E-state index contributed by atoms with van der Waals surface area (Å²) in [6, 6.07) is 7.58. The van der Waals surface area contributed by atoms with Crippen LogP contribution in [-0.2, 0) is 4.79 Å². The first-order valence-electron chi connectivity index (χ1n) is 6.05. The van der Waals surface area contributed by atoms with Gasteiger partial charge in [0.1, 0.15) is 0 Å². The standard InChI is InChI=1S/C14H14BrNO2S/c1-3-9(2)16-13(17)12(19-14(16)18)8-10-5-4-6-11(15)7-10/h4-9H,3H2,1-2H3/b12-8-/t9-/m1/s1. The van der Waals surface area contributed by atoms with Crippen LogP contribution < -0.4 is 0 Å². The van der Waals surface area contributed by atoms with E-state index in [0.29, 0.717) is 4.91 Å². The Morgan fingerprint density at radius 2 is 2.16 bits per heavy atom. The predicted octanol–water partition coefficient (Wildman–Crippen LogP) is 4.28. The van der Waals surface area contributed by atoms with Crippen LogP contribution in [0.15, 0.2) is 33.6 Å². The topological polar surface area (TPSA) is 37.4 Å². The number of rotatable bonds is 3. The molecule has 19 heavy (non-hydrogen) atoms. The summed E-state index contributed by atoms with van der Waals surface area (Å²) < 4.78 is 0.947. The Morgan fingerprint density at radius 3 is 2.79 bits per heavy atom. The van der Waals surface area contributed by atoms with E-state index >= 15 is 0 Å². The molecule has 2 amide bonds. The van der Waals surface area contributed by atoms with Gasteiger partial charge in [0.05, 0.1) is 4.91 Å². The Morgan fingerprint density at radius 1 is 1.42 bits per heavy atom. The van der Waals surface area contributed by atoms with Gasteiger partial charge >= 0.3 is 0 Å². The average molecular weight is 340 g/mol. The number of carbonyl (C=O) groups is 2. The van der Waals surface area contributed by atoms with Gasteiger partial charge < -0.3 is 0 Å². The first-order valence-corrected chi connectivity index (χ1v) is 7.66. The van der Waals surface area contributed by atoms with Crippen molar-refractivity contribution in [3.63, 3.8) is 0 Å². The summed E-state index contributed by atoms with van der Waals surface area (Å²) in [5.41, 5.74) is 0.907. The Bertz CT molecular complexity index is 556. The lowest BCUT2D eigenvalue weighted by molar-refractivity contribution is -0.124. The smallest absolute Gasteiger partial charge is 0.268 e. The summed E-state index contributed by atoms with van der Waals surface area (Å²) in [4.78, 5) is 25.9. The zero-order valence-corrected chi connectivity index (χ0v) is 13.1. The number of amides is 2. The highest BCUT2D eigenvalue weighted by molar-refractivity contribution is 9.10. The minimum Gasteiger partial charge on any atom is -0.268 e. The van der Waals surface area contributed by atoms with Gasteiger partial charge in [-0.25, -0.2) is 0 Å². The number of halogens is 1. The molecule has 0 aliphatic carbocycles. The second kappa shape index (κ2) is 5.92. The van der Waals surface area contributed by atoms with Crippen LogP contribution in [0.5, 0.6) is 0 Å². The Kier molecular flexibility index (Phi) is 4.47. The van der Waals surface area contributed by atoms with Crippen molar-refractivity contribution in [1.29, 1.82) is 0 Å². The SMILES string of the molecule is CC[C@@H](C)N1C(=O)S/C(=C\c2cccc(Br)c2)C1=O. The predicted molar refractivity (Wildman–Crippen MR) is 81.7 cm³/mol. The van der Waals surface area contributed by atoms with Gasteiger partial charge in [-0.2, -0.15) is 0 Å². The highest BCUT2D eigenvalue weighted by Gasteiger charge is 2.37. The lowest BCUT2D eigenvalue weighted by Gasteiger charge is -2.19. The van der Waals surface area contributed by atoms with Crippen molar-refractivity contribution in [3.8, 4) is 0 Å². The molecular weight excluding hydrogens is 326 g/mol. The van der Waals surface area contributed by atoms with E-state index in [1.807, 2.05) is 38.1 Å². The molecule has 0 N–H and O–H groups in total. The van der Waals surface area contributed by atoms with Gasteiger partial charge in [-0.05, 0) is 48.9 Å². The van der Waals surface area contributed by atoms with Crippen molar-refractivity contribution < 1.29 is 9.59 Å². The molecule has 0 spiro atoms. The molecule has 5 heteroatoms. The third kappa shape index (κ3) is 3.09. The molecule has 1 saturated heterocycles. The van der Waals surface area contributed by atoms with E-state index in [-0.39, 0.29) is 17.2 Å². The van der Waals surface area contributed by atoms with E-state index in [4.69, 9.17) is 0 Å². The molecule has 1 aromatic carbocycles. The van der Waals surface area contributed by atoms with Crippen LogP contribution in [-0.4, -0.2) is 22.1 Å². The molecule has 1 atom stereocenters. The second-order valence-corrected chi connectivity index (χ2v) is 6.27. The molecule has 2 rings (SSSR count). The molecule has 1 heterocycles. The van der Waals surface area contributed by atoms with Crippen molar-refractivity contribution in [2.45, 2.75) is 26.3 Å². The molecule has 0 radical (unpaired) electrons. The first kappa shape index (κ1) is 14.3. The van der Waals surface area contributed by atoms with Crippen LogP contribution in [0.2, 0.25) is 0 Å². The third-order valence-corrected chi connectivity index (χ3v) is 4.38. The Balaban J connectivity index is 2.28. The van der Waals surface area contributed by atoms with Gasteiger partial charge in [-0.3, -0.25) is 14.5 Å². The van der Waals surface area contributed by atoms with Crippen molar-refractivity contribution in [1.82, 2.24) is 4.90 Å². The van der Waals surface area contributed by atoms with Crippen LogP contribution in [0.25, 0.3) is 6.08 Å². The summed E-state index contributed by atoms with van der Waals surface area (Å²) in [5.74, 6) is -0.190. The largest absolute Gasteiger partial charge is 0.293 e. The molecule has 0 aromatic heterocycles. The van der Waals surface area contributed by atoms with Gasteiger partial charge in [0.2, 0.25) is 0 Å². The molecule has 3 nitrogen and oxygen atoms in total. The van der Waals surface area contributed by atoms with E-state index in [0.717, 1.165) is 28.2 Å². The monoisotopic (exact) mass is 339 g/mol. The summed E-state index contributed by atoms with van der Waals surface area (Å²) in [7, 11) is 0. The number of hydrogen-bond acceptors (Lipinski definition) is 3. The lowest BCUT2D eigenvalue weighted by Crippen LogP contribution is -2.36. The van der Waals surface area contributed by atoms with E-state index in [1.165, 1.54) is 4.90 Å². The molecule has 1 aliphatic heterocycles. The second-order valence-electron chi connectivity index (χ2n) is 4.36. The van der Waals surface area contributed by atoms with Gasteiger partial charge in [-0.1, -0.05) is 35.0 Å². The van der Waals surface area contributed by atoms with E-state index < -0.39 is 0 Å². The molecule has 0 unspecified atom stereocenters. The molecule has 1 aromatic rings. The van der Waals surface area contributed by atoms with Gasteiger partial charge in [0.15, 0.2) is 0 Å². The highest BCUT2D eigenvalue weighted by atomic mass is 79.9. The number of thioether (sulfide) groups is 1. The maximum absolute atomic E-state index is 12.2. The van der Waals surface area contributed by atoms with Crippen molar-refractivity contribution in [3.05, 3.63) is 39.2 Å². The number of imide groups is 1. The third-order valence-electron chi connectivity index (χ3n) is 3.00. The summed E-state index contributed by atoms with van der Waals surface area (Å²) in [5, 5.41) is -0.180. The summed E-state index contributed by atoms with van der Waals surface area (Å²) in [6.07, 6.45) is 2.53. The number of hydrogen-bond donors (Lipinski definition) is 0. The fraction of sp³-hybridized carbons (Fsp3) is 0.286. The van der Waals surface area contributed by atoms with Gasteiger partial charge in [-0.15, -0.1) is 0 Å². The van der Waals surface area contributed by atoms with E-state index in [9.17, 15) is 9.59 Å². The van der Waals surface area contributed by atoms with Gasteiger partial charge in [0.25, 0.3) is 11.1 Å². The zero-order chi connectivity index (χ0) is 14.0. The average Bonchev–Trinajstić information content (AvgIpc) is 2.64. The van der Waals surface area contributed by atoms with Crippen LogP contribution in [0, 0.1) is 0 Å². The number of nitrogens with zero attached hydrogens (tertiary/aromatic N) is 1. The minimum absolute atomic E-state index is 0.0547. The Labute approximate surface area is 125 Å². The van der Waals surface area contributed by atoms with Crippen LogP contribution >= 0.6 is 27.7 Å². The van der Waals surface area contributed by atoms with E-state index in [2.05, 4.69) is 15.9 Å². The van der Waals surface area contributed by atoms with Crippen molar-refractivity contribution in [2.75, 3.05) is 0 Å². The molecular formula is C14H14BrNO2S. The van der Waals surface area contributed by atoms with E-state index in [1.54, 1.807) is 6.08 Å². The summed E-state index contributed by atoms with van der Waals surface area (Å²) >= 11 is 4.40. The normalized spacial score (nSPS) is 19.3. The maximum Gasteiger partial charge on any atom is 0.293 e. The Hall–Kier alpha value is -1.07. The number of carbonyl (C=O) groups excluding carboxylic acids is 2. The van der Waals surface area contributed by atoms with Crippen LogP contribution in [0.3, 0.4) is 0 Å². The minimum atomic E-state index is -0.190. The first-order chi connectivity index (χ1) is 9.02. The zero-order valence-electron chi connectivity index (χ0n) is 10.7. The fourth-order valence-corrected chi connectivity index (χ4v) is 3.14. The molecule has 0 bridgehead atoms.